The summed E-state index contributed by atoms with van der Waals surface area (Å²) in [5.41, 5.74) is 1.03. The molecule has 1 aromatic carbocycles. The zero-order valence-electron chi connectivity index (χ0n) is 16.5. The summed E-state index contributed by atoms with van der Waals surface area (Å²) in [6, 6.07) is 4.66. The van der Waals surface area contributed by atoms with E-state index < -0.39 is 11.7 Å². The number of hydrogen-bond acceptors (Lipinski definition) is 3. The Bertz CT molecular complexity index is 624. The van der Waals surface area contributed by atoms with Crippen molar-refractivity contribution in [3.63, 3.8) is 0 Å². The third kappa shape index (κ3) is 4.60. The highest BCUT2D eigenvalue weighted by Crippen LogP contribution is 2.42. The van der Waals surface area contributed by atoms with Crippen molar-refractivity contribution in [1.29, 1.82) is 0 Å². The number of rotatable bonds is 6. The number of nitrogens with zero attached hydrogens (tertiary/aromatic N) is 2. The van der Waals surface area contributed by atoms with Crippen LogP contribution in [0.5, 0.6) is 0 Å². The fourth-order valence-electron chi connectivity index (χ4n) is 4.77. The molecule has 1 aromatic rings. The van der Waals surface area contributed by atoms with E-state index in [0.717, 1.165) is 70.6 Å². The molecular weight excluding hydrogens is 351 g/mol. The van der Waals surface area contributed by atoms with Gasteiger partial charge in [-0.3, -0.25) is 4.90 Å². The van der Waals surface area contributed by atoms with Crippen LogP contribution in [0, 0.1) is 5.41 Å². The number of anilines is 1. The molecule has 27 heavy (non-hydrogen) atoms. The van der Waals surface area contributed by atoms with Gasteiger partial charge in [0.1, 0.15) is 0 Å². The topological polar surface area (TPSA) is 18.5 Å². The van der Waals surface area contributed by atoms with Gasteiger partial charge in [0.25, 0.3) is 0 Å². The van der Waals surface area contributed by atoms with Crippen molar-refractivity contribution in [3.05, 3.63) is 29.3 Å². The first-order valence-electron chi connectivity index (χ1n) is 10.3. The molecule has 0 saturated carbocycles. The Labute approximate surface area is 160 Å². The summed E-state index contributed by atoms with van der Waals surface area (Å²) in [5.74, 6) is 0. The quantitative estimate of drug-likeness (QED) is 0.779. The average Bonchev–Trinajstić information content (AvgIpc) is 3.01. The SMILES string of the molecule is CCCN(CC)c1cccc(C(F)(F)F)c1CN1CCC2(CCNCC2)C1. The van der Waals surface area contributed by atoms with Crippen molar-refractivity contribution in [3.8, 4) is 0 Å². The number of halogens is 3. The summed E-state index contributed by atoms with van der Waals surface area (Å²) in [5, 5.41) is 3.40. The molecule has 0 bridgehead atoms. The van der Waals surface area contributed by atoms with Gasteiger partial charge < -0.3 is 10.2 Å². The largest absolute Gasteiger partial charge is 0.416 e. The molecule has 0 amide bonds. The molecule has 2 aliphatic heterocycles. The van der Waals surface area contributed by atoms with Crippen molar-refractivity contribution >= 4 is 5.69 Å². The van der Waals surface area contributed by atoms with Crippen molar-refractivity contribution < 1.29 is 13.2 Å². The van der Waals surface area contributed by atoms with Crippen LogP contribution >= 0.6 is 0 Å². The standard InChI is InChI=1S/C21H32F3N3/c1-3-13-27(4-2)19-7-5-6-18(21(22,23)24)17(19)15-26-14-10-20(16-26)8-11-25-12-9-20/h5-7,25H,3-4,8-16H2,1-2H3. The molecule has 2 fully saturated rings. The zero-order chi connectivity index (χ0) is 19.5. The molecule has 0 radical (unpaired) electrons. The van der Waals surface area contributed by atoms with E-state index in [1.54, 1.807) is 6.07 Å². The van der Waals surface area contributed by atoms with E-state index in [2.05, 4.69) is 22.0 Å². The average molecular weight is 384 g/mol. The molecule has 0 atom stereocenters. The van der Waals surface area contributed by atoms with Crippen LogP contribution in [0.3, 0.4) is 0 Å². The van der Waals surface area contributed by atoms with E-state index in [-0.39, 0.29) is 0 Å². The Morgan fingerprint density at radius 1 is 1.15 bits per heavy atom. The van der Waals surface area contributed by atoms with Gasteiger partial charge in [-0.15, -0.1) is 0 Å². The van der Waals surface area contributed by atoms with Crippen LogP contribution in [0.2, 0.25) is 0 Å². The zero-order valence-corrected chi connectivity index (χ0v) is 16.5. The summed E-state index contributed by atoms with van der Waals surface area (Å²) in [7, 11) is 0. The fraction of sp³-hybridized carbons (Fsp3) is 0.714. The van der Waals surface area contributed by atoms with Gasteiger partial charge in [-0.25, -0.2) is 0 Å². The minimum Gasteiger partial charge on any atom is -0.372 e. The number of likely N-dealkylation sites (tertiary alicyclic amines) is 1. The Hall–Kier alpha value is -1.27. The van der Waals surface area contributed by atoms with Crippen molar-refractivity contribution in [2.45, 2.75) is 52.3 Å². The van der Waals surface area contributed by atoms with E-state index in [9.17, 15) is 13.2 Å². The molecule has 152 valence electrons. The molecular formula is C21H32F3N3. The maximum absolute atomic E-state index is 13.8. The molecule has 2 aliphatic rings. The lowest BCUT2D eigenvalue weighted by Gasteiger charge is -2.34. The van der Waals surface area contributed by atoms with Gasteiger partial charge in [0.05, 0.1) is 5.56 Å². The predicted molar refractivity (Wildman–Crippen MR) is 104 cm³/mol. The molecule has 0 aromatic heterocycles. The van der Waals surface area contributed by atoms with Crippen LogP contribution < -0.4 is 10.2 Å². The summed E-state index contributed by atoms with van der Waals surface area (Å²) in [6.45, 7) is 9.83. The molecule has 2 heterocycles. The van der Waals surface area contributed by atoms with Gasteiger partial charge in [0.15, 0.2) is 0 Å². The molecule has 0 unspecified atom stereocenters. The van der Waals surface area contributed by atoms with E-state index in [4.69, 9.17) is 0 Å². The second kappa shape index (κ2) is 8.39. The maximum Gasteiger partial charge on any atom is 0.416 e. The van der Waals surface area contributed by atoms with E-state index >= 15 is 0 Å². The van der Waals surface area contributed by atoms with Crippen LogP contribution in [0.15, 0.2) is 18.2 Å². The normalized spacial score (nSPS) is 20.3. The molecule has 0 aliphatic carbocycles. The highest BCUT2D eigenvalue weighted by molar-refractivity contribution is 5.57. The van der Waals surface area contributed by atoms with Gasteiger partial charge in [-0.2, -0.15) is 13.2 Å². The monoisotopic (exact) mass is 383 g/mol. The molecule has 3 rings (SSSR count). The lowest BCUT2D eigenvalue weighted by Crippen LogP contribution is -2.38. The second-order valence-corrected chi connectivity index (χ2v) is 8.09. The molecule has 3 nitrogen and oxygen atoms in total. The lowest BCUT2D eigenvalue weighted by molar-refractivity contribution is -0.138. The van der Waals surface area contributed by atoms with Crippen LogP contribution in [-0.2, 0) is 12.7 Å². The van der Waals surface area contributed by atoms with Gasteiger partial charge >= 0.3 is 6.18 Å². The molecule has 1 spiro atoms. The number of alkyl halides is 3. The van der Waals surface area contributed by atoms with Crippen LogP contribution in [0.4, 0.5) is 18.9 Å². The van der Waals surface area contributed by atoms with Crippen molar-refractivity contribution in [2.75, 3.05) is 44.2 Å². The van der Waals surface area contributed by atoms with Crippen LogP contribution in [-0.4, -0.2) is 44.2 Å². The summed E-state index contributed by atoms with van der Waals surface area (Å²) >= 11 is 0. The van der Waals surface area contributed by atoms with Gasteiger partial charge in [-0.1, -0.05) is 13.0 Å². The smallest absolute Gasteiger partial charge is 0.372 e. The Balaban J connectivity index is 1.88. The first-order chi connectivity index (χ1) is 12.9. The second-order valence-electron chi connectivity index (χ2n) is 8.09. The summed E-state index contributed by atoms with van der Waals surface area (Å²) in [4.78, 5) is 4.33. The third-order valence-corrected chi connectivity index (χ3v) is 6.24. The minimum absolute atomic E-state index is 0.298. The van der Waals surface area contributed by atoms with E-state index in [0.29, 0.717) is 17.5 Å². The number of hydrogen-bond donors (Lipinski definition) is 1. The maximum atomic E-state index is 13.8. The first-order valence-corrected chi connectivity index (χ1v) is 10.3. The molecule has 2 saturated heterocycles. The van der Waals surface area contributed by atoms with Crippen LogP contribution in [0.1, 0.15) is 50.7 Å². The number of nitrogens with one attached hydrogen (secondary N) is 1. The van der Waals surface area contributed by atoms with Crippen molar-refractivity contribution in [1.82, 2.24) is 10.2 Å². The summed E-state index contributed by atoms with van der Waals surface area (Å²) < 4.78 is 41.3. The van der Waals surface area contributed by atoms with E-state index in [1.165, 1.54) is 6.07 Å². The lowest BCUT2D eigenvalue weighted by atomic mass is 9.78. The molecule has 6 heteroatoms. The Kier molecular flexibility index (Phi) is 6.36. The van der Waals surface area contributed by atoms with Crippen LogP contribution in [0.25, 0.3) is 0 Å². The highest BCUT2D eigenvalue weighted by atomic mass is 19.4. The van der Waals surface area contributed by atoms with Crippen molar-refractivity contribution in [2.24, 2.45) is 5.41 Å². The summed E-state index contributed by atoms with van der Waals surface area (Å²) in [6.07, 6.45) is -0.0282. The van der Waals surface area contributed by atoms with E-state index in [1.807, 2.05) is 13.0 Å². The minimum atomic E-state index is -4.32. The van der Waals surface area contributed by atoms with Gasteiger partial charge in [0, 0.05) is 37.4 Å². The van der Waals surface area contributed by atoms with Gasteiger partial charge in [-0.05, 0) is 69.8 Å². The Morgan fingerprint density at radius 3 is 2.52 bits per heavy atom. The highest BCUT2D eigenvalue weighted by Gasteiger charge is 2.40. The van der Waals surface area contributed by atoms with Gasteiger partial charge in [0.2, 0.25) is 0 Å². The molecule has 1 N–H and O–H groups in total. The number of piperidine rings is 1. The fourth-order valence-corrected chi connectivity index (χ4v) is 4.77. The first kappa shape index (κ1) is 20.5. The third-order valence-electron chi connectivity index (χ3n) is 6.24. The predicted octanol–water partition coefficient (Wildman–Crippen LogP) is 4.52. The number of benzene rings is 1. The Morgan fingerprint density at radius 2 is 1.89 bits per heavy atom.